The lowest BCUT2D eigenvalue weighted by molar-refractivity contribution is -0.0831. The fourth-order valence-corrected chi connectivity index (χ4v) is 4.76. The third-order valence-corrected chi connectivity index (χ3v) is 6.82. The second kappa shape index (κ2) is 11.1. The number of hydrogen-bond donors (Lipinski definition) is 3. The molecular formula is C28H28F3N3O4. The Labute approximate surface area is 218 Å². The summed E-state index contributed by atoms with van der Waals surface area (Å²) in [4.78, 5) is 25.8. The van der Waals surface area contributed by atoms with Crippen molar-refractivity contribution in [3.63, 3.8) is 0 Å². The van der Waals surface area contributed by atoms with Gasteiger partial charge in [0.05, 0.1) is 12.1 Å². The van der Waals surface area contributed by atoms with E-state index in [0.29, 0.717) is 17.5 Å². The summed E-state index contributed by atoms with van der Waals surface area (Å²) in [5.74, 6) is -1.79. The molecule has 10 heteroatoms. The largest absolute Gasteiger partial charge is 0.438 e. The molecule has 1 heterocycles. The Balaban J connectivity index is 1.52. The summed E-state index contributed by atoms with van der Waals surface area (Å²) in [5, 5.41) is 12.9. The van der Waals surface area contributed by atoms with Gasteiger partial charge in [-0.25, -0.2) is 22.8 Å². The van der Waals surface area contributed by atoms with Crippen LogP contribution in [0.4, 0.5) is 22.8 Å². The molecule has 3 amide bonds. The zero-order chi connectivity index (χ0) is 27.4. The molecule has 1 aliphatic rings. The van der Waals surface area contributed by atoms with Crippen LogP contribution >= 0.6 is 0 Å². The number of nitrogens with two attached hydrogens (primary N) is 1. The van der Waals surface area contributed by atoms with Gasteiger partial charge >= 0.3 is 12.1 Å². The molecule has 4 N–H and O–H groups in total. The van der Waals surface area contributed by atoms with Crippen LogP contribution in [0.5, 0.6) is 0 Å². The Kier molecular flexibility index (Phi) is 7.91. The van der Waals surface area contributed by atoms with E-state index >= 15 is 0 Å². The van der Waals surface area contributed by atoms with Gasteiger partial charge in [-0.2, -0.15) is 0 Å². The first-order valence-corrected chi connectivity index (χ1v) is 12.1. The second-order valence-electron chi connectivity index (χ2n) is 9.34. The Morgan fingerprint density at radius 2 is 1.74 bits per heavy atom. The summed E-state index contributed by atoms with van der Waals surface area (Å²) in [6.07, 6.45) is -1.45. The number of cyclic esters (lactones) is 1. The molecule has 0 radical (unpaired) electrons. The molecule has 3 aromatic rings. The van der Waals surface area contributed by atoms with E-state index in [2.05, 4.69) is 5.32 Å². The Hall–Kier alpha value is -4.05. The lowest BCUT2D eigenvalue weighted by Gasteiger charge is -2.44. The van der Waals surface area contributed by atoms with Crippen molar-refractivity contribution in [2.45, 2.75) is 37.5 Å². The van der Waals surface area contributed by atoms with Gasteiger partial charge in [-0.05, 0) is 47.9 Å². The molecule has 7 nitrogen and oxygen atoms in total. The molecule has 3 atom stereocenters. The Bertz CT molecular complexity index is 1300. The van der Waals surface area contributed by atoms with Crippen LogP contribution in [0.1, 0.15) is 36.9 Å². The summed E-state index contributed by atoms with van der Waals surface area (Å²) in [7, 11) is 0. The van der Waals surface area contributed by atoms with Crippen LogP contribution in [0.15, 0.2) is 66.7 Å². The highest BCUT2D eigenvalue weighted by Crippen LogP contribution is 2.40. The smallest absolute Gasteiger partial charge is 0.411 e. The van der Waals surface area contributed by atoms with E-state index in [1.807, 2.05) is 6.92 Å². The van der Waals surface area contributed by atoms with E-state index in [1.165, 1.54) is 41.3 Å². The van der Waals surface area contributed by atoms with Crippen molar-refractivity contribution in [1.82, 2.24) is 10.2 Å². The number of urea groups is 1. The number of rotatable bonds is 8. The van der Waals surface area contributed by atoms with Gasteiger partial charge in [0.25, 0.3) is 0 Å². The molecule has 4 rings (SSSR count). The number of carbonyl (C=O) groups excluding carboxylic acids is 2. The number of carbonyl (C=O) groups is 2. The predicted molar refractivity (Wildman–Crippen MR) is 134 cm³/mol. The number of benzene rings is 3. The Morgan fingerprint density at radius 1 is 1.08 bits per heavy atom. The fraction of sp³-hybridized carbons (Fsp3) is 0.286. The number of aliphatic hydroxyl groups is 1. The van der Waals surface area contributed by atoms with Crippen molar-refractivity contribution < 1.29 is 32.6 Å². The van der Waals surface area contributed by atoms with Crippen LogP contribution in [-0.2, 0) is 10.3 Å². The van der Waals surface area contributed by atoms with Gasteiger partial charge in [0.15, 0.2) is 0 Å². The van der Waals surface area contributed by atoms with Crippen LogP contribution < -0.4 is 11.1 Å². The van der Waals surface area contributed by atoms with E-state index in [0.717, 1.165) is 11.6 Å². The van der Waals surface area contributed by atoms with E-state index in [1.54, 1.807) is 24.3 Å². The number of nitrogens with one attached hydrogen (secondary N) is 1. The molecule has 1 unspecified atom stereocenters. The van der Waals surface area contributed by atoms with Gasteiger partial charge in [0.2, 0.25) is 0 Å². The van der Waals surface area contributed by atoms with Crippen molar-refractivity contribution in [3.8, 4) is 11.1 Å². The standard InChI is InChI=1S/C28H28F3N3O4/c1-17(18-2-4-19(5-3-18)24-11-10-22(30)14-25(24)31)34-13-12-28(38-27(34)37,15-23(35)16-33-26(32)36)20-6-8-21(29)9-7-20/h2-11,14,17,23,35H,12-13,15-16H2,1H3,(H3,32,33,36)/t17-,23?,28-/m0/s1. The van der Waals surface area contributed by atoms with Crippen LogP contribution in [0.2, 0.25) is 0 Å². The molecule has 38 heavy (non-hydrogen) atoms. The third-order valence-electron chi connectivity index (χ3n) is 6.82. The Morgan fingerprint density at radius 3 is 2.34 bits per heavy atom. The van der Waals surface area contributed by atoms with Gasteiger partial charge in [0, 0.05) is 37.6 Å². The maximum Gasteiger partial charge on any atom is 0.411 e. The number of nitrogens with zero attached hydrogens (tertiary/aromatic N) is 1. The second-order valence-corrected chi connectivity index (χ2v) is 9.34. The molecule has 1 fully saturated rings. The molecule has 200 valence electrons. The van der Waals surface area contributed by atoms with Gasteiger partial charge in [-0.15, -0.1) is 0 Å². The highest BCUT2D eigenvalue weighted by molar-refractivity contribution is 5.72. The number of aliphatic hydroxyl groups excluding tert-OH is 1. The quantitative estimate of drug-likeness (QED) is 0.384. The van der Waals surface area contributed by atoms with Gasteiger partial charge in [-0.1, -0.05) is 36.4 Å². The van der Waals surface area contributed by atoms with E-state index in [-0.39, 0.29) is 25.1 Å². The molecule has 1 saturated heterocycles. The highest BCUT2D eigenvalue weighted by atomic mass is 19.1. The third kappa shape index (κ3) is 5.91. The minimum atomic E-state index is -1.25. The van der Waals surface area contributed by atoms with Crippen LogP contribution in [0.3, 0.4) is 0 Å². The number of primary amides is 1. The van der Waals surface area contributed by atoms with Crippen LogP contribution in [-0.4, -0.2) is 41.3 Å². The summed E-state index contributed by atoms with van der Waals surface area (Å²) in [5.41, 5.74) is 5.96. The number of hydrogen-bond acceptors (Lipinski definition) is 4. The maximum atomic E-state index is 14.2. The molecule has 3 aromatic carbocycles. The summed E-state index contributed by atoms with van der Waals surface area (Å²) < 4.78 is 47.0. The monoisotopic (exact) mass is 527 g/mol. The van der Waals surface area contributed by atoms with Crippen LogP contribution in [0, 0.1) is 17.5 Å². The van der Waals surface area contributed by atoms with E-state index in [4.69, 9.17) is 10.5 Å². The SMILES string of the molecule is C[C@@H](c1ccc(-c2ccc(F)cc2F)cc1)N1CC[C@](CC(O)CNC(N)=O)(c2ccc(F)cc2)OC1=O. The predicted octanol–water partition coefficient (Wildman–Crippen LogP) is 4.99. The van der Waals surface area contributed by atoms with Crippen LogP contribution in [0.25, 0.3) is 11.1 Å². The molecule has 0 aromatic heterocycles. The van der Waals surface area contributed by atoms with Gasteiger partial charge in [-0.3, -0.25) is 0 Å². The van der Waals surface area contributed by atoms with Crippen molar-refractivity contribution in [2.75, 3.05) is 13.1 Å². The highest BCUT2D eigenvalue weighted by Gasteiger charge is 2.44. The van der Waals surface area contributed by atoms with Crippen molar-refractivity contribution >= 4 is 12.1 Å². The van der Waals surface area contributed by atoms with Crippen molar-refractivity contribution in [1.29, 1.82) is 0 Å². The molecule has 0 bridgehead atoms. The number of ether oxygens (including phenoxy) is 1. The lowest BCUT2D eigenvalue weighted by Crippen LogP contribution is -2.51. The molecule has 0 spiro atoms. The summed E-state index contributed by atoms with van der Waals surface area (Å²) in [6.45, 7) is 1.95. The summed E-state index contributed by atoms with van der Waals surface area (Å²) >= 11 is 0. The normalized spacial score (nSPS) is 19.0. The zero-order valence-corrected chi connectivity index (χ0v) is 20.7. The molecular weight excluding hydrogens is 499 g/mol. The van der Waals surface area contributed by atoms with E-state index < -0.39 is 47.3 Å². The van der Waals surface area contributed by atoms with Gasteiger partial charge < -0.3 is 25.8 Å². The first-order chi connectivity index (χ1) is 18.1. The first-order valence-electron chi connectivity index (χ1n) is 12.1. The van der Waals surface area contributed by atoms with Gasteiger partial charge in [0.1, 0.15) is 23.1 Å². The molecule has 0 saturated carbocycles. The molecule has 1 aliphatic heterocycles. The average molecular weight is 528 g/mol. The topological polar surface area (TPSA) is 105 Å². The minimum Gasteiger partial charge on any atom is -0.438 e. The lowest BCUT2D eigenvalue weighted by atomic mass is 9.83. The first kappa shape index (κ1) is 27.0. The van der Waals surface area contributed by atoms with Crippen molar-refractivity contribution in [3.05, 3.63) is 95.3 Å². The number of halogens is 3. The minimum absolute atomic E-state index is 0.0369. The fourth-order valence-electron chi connectivity index (χ4n) is 4.76. The number of amides is 3. The van der Waals surface area contributed by atoms with Crippen molar-refractivity contribution in [2.24, 2.45) is 5.73 Å². The average Bonchev–Trinajstić information content (AvgIpc) is 2.88. The zero-order valence-electron chi connectivity index (χ0n) is 20.7. The summed E-state index contributed by atoms with van der Waals surface area (Å²) in [6, 6.07) is 14.6. The molecule has 0 aliphatic carbocycles. The maximum absolute atomic E-state index is 14.2. The van der Waals surface area contributed by atoms with E-state index in [9.17, 15) is 27.9 Å².